The highest BCUT2D eigenvalue weighted by Crippen LogP contribution is 2.34. The monoisotopic (exact) mass is 383 g/mol. The normalized spacial score (nSPS) is 16.0. The molecule has 1 fully saturated rings. The van der Waals surface area contributed by atoms with Gasteiger partial charge in [0, 0.05) is 23.5 Å². The van der Waals surface area contributed by atoms with Crippen LogP contribution in [0, 0.1) is 12.8 Å². The quantitative estimate of drug-likeness (QED) is 0.565. The number of thiophene rings is 1. The fourth-order valence-corrected chi connectivity index (χ4v) is 5.40. The molecule has 5 nitrogen and oxygen atoms in total. The number of aromatic nitrogens is 4. The van der Waals surface area contributed by atoms with Gasteiger partial charge in [0.15, 0.2) is 10.8 Å². The first kappa shape index (κ1) is 16.4. The summed E-state index contributed by atoms with van der Waals surface area (Å²) in [6.45, 7) is 5.35. The molecular weight excluding hydrogens is 362 g/mol. The van der Waals surface area contributed by atoms with Crippen LogP contribution in [0.25, 0.3) is 32.1 Å². The number of pyridine rings is 1. The Labute approximate surface area is 160 Å². The summed E-state index contributed by atoms with van der Waals surface area (Å²) >= 11 is 3.36. The van der Waals surface area contributed by atoms with Gasteiger partial charge in [-0.3, -0.25) is 0 Å². The van der Waals surface area contributed by atoms with E-state index in [1.165, 1.54) is 30.2 Å². The largest absolute Gasteiger partial charge is 0.321 e. The Morgan fingerprint density at radius 1 is 1.19 bits per heavy atom. The van der Waals surface area contributed by atoms with E-state index in [1.807, 2.05) is 11.6 Å². The van der Waals surface area contributed by atoms with Crippen LogP contribution < -0.4 is 5.32 Å². The van der Waals surface area contributed by atoms with Crippen LogP contribution in [0.1, 0.15) is 25.0 Å². The lowest BCUT2D eigenvalue weighted by Gasteiger charge is -2.23. The van der Waals surface area contributed by atoms with Crippen LogP contribution in [0.4, 0.5) is 0 Å². The second-order valence-electron chi connectivity index (χ2n) is 6.94. The number of nitrogens with one attached hydrogen (secondary N) is 1. The van der Waals surface area contributed by atoms with Crippen LogP contribution in [0.15, 0.2) is 23.0 Å². The molecule has 26 heavy (non-hydrogen) atoms. The number of aryl methyl sites for hydroxylation is 2. The third-order valence-corrected chi connectivity index (χ3v) is 6.90. The molecule has 1 aliphatic rings. The third-order valence-electron chi connectivity index (χ3n) is 5.32. The van der Waals surface area contributed by atoms with Crippen molar-refractivity contribution in [2.24, 2.45) is 5.92 Å². The first-order valence-electron chi connectivity index (χ1n) is 9.16. The Kier molecular flexibility index (Phi) is 4.23. The number of nitrogens with zero attached hydrogens (tertiary/aromatic N) is 4. The number of piperidine rings is 1. The molecule has 5 rings (SSSR count). The smallest absolute Gasteiger partial charge is 0.170 e. The van der Waals surface area contributed by atoms with Crippen molar-refractivity contribution in [2.75, 3.05) is 13.1 Å². The molecule has 0 spiro atoms. The maximum absolute atomic E-state index is 4.99. The van der Waals surface area contributed by atoms with Gasteiger partial charge in [0.25, 0.3) is 0 Å². The molecule has 1 aliphatic heterocycles. The van der Waals surface area contributed by atoms with Gasteiger partial charge in [-0.25, -0.2) is 15.0 Å². The summed E-state index contributed by atoms with van der Waals surface area (Å²) in [4.78, 5) is 15.4. The first-order chi connectivity index (χ1) is 12.8. The molecule has 4 aromatic heterocycles. The van der Waals surface area contributed by atoms with Gasteiger partial charge < -0.3 is 9.88 Å². The van der Waals surface area contributed by atoms with Crippen molar-refractivity contribution in [3.8, 4) is 10.8 Å². The van der Waals surface area contributed by atoms with Gasteiger partial charge in [0.05, 0.1) is 11.2 Å². The van der Waals surface area contributed by atoms with E-state index in [9.17, 15) is 0 Å². The predicted molar refractivity (Wildman–Crippen MR) is 109 cm³/mol. The van der Waals surface area contributed by atoms with E-state index < -0.39 is 0 Å². The zero-order valence-corrected chi connectivity index (χ0v) is 16.4. The lowest BCUT2D eigenvalue weighted by Crippen LogP contribution is -2.28. The summed E-state index contributed by atoms with van der Waals surface area (Å²) in [6.07, 6.45) is 5.60. The van der Waals surface area contributed by atoms with Crippen molar-refractivity contribution in [3.05, 3.63) is 28.7 Å². The van der Waals surface area contributed by atoms with E-state index >= 15 is 0 Å². The van der Waals surface area contributed by atoms with Gasteiger partial charge in [0.2, 0.25) is 0 Å². The van der Waals surface area contributed by atoms with E-state index in [4.69, 9.17) is 9.97 Å². The van der Waals surface area contributed by atoms with Crippen LogP contribution in [0.5, 0.6) is 0 Å². The van der Waals surface area contributed by atoms with Crippen LogP contribution in [0.2, 0.25) is 0 Å². The Bertz CT molecular complexity index is 1040. The van der Waals surface area contributed by atoms with Crippen molar-refractivity contribution in [1.82, 2.24) is 24.8 Å². The summed E-state index contributed by atoms with van der Waals surface area (Å²) in [5.41, 5.74) is 3.26. The highest BCUT2D eigenvalue weighted by Gasteiger charge is 2.21. The minimum atomic E-state index is 0.791. The number of hydrogen-bond acceptors (Lipinski definition) is 6. The molecule has 0 bridgehead atoms. The topological polar surface area (TPSA) is 55.6 Å². The lowest BCUT2D eigenvalue weighted by molar-refractivity contribution is 0.340. The number of thiazole rings is 1. The van der Waals surface area contributed by atoms with Gasteiger partial charge in [-0.15, -0.1) is 22.7 Å². The van der Waals surface area contributed by atoms with Crippen molar-refractivity contribution >= 4 is 43.9 Å². The molecule has 5 heterocycles. The molecule has 0 aliphatic carbocycles. The number of imidazole rings is 1. The number of hydrogen-bond donors (Lipinski definition) is 1. The molecule has 1 saturated heterocycles. The molecule has 0 radical (unpaired) electrons. The molecule has 7 heteroatoms. The van der Waals surface area contributed by atoms with Gasteiger partial charge in [-0.05, 0) is 56.6 Å². The third kappa shape index (κ3) is 2.74. The summed E-state index contributed by atoms with van der Waals surface area (Å²) < 4.78 is 2.40. The SMILES string of the molecule is Cc1nc2sccc2c2c1nc(-c1nccs1)n2CCC1CCNCC1. The molecular formula is C19H21N5S2. The fraction of sp³-hybridized carbons (Fsp3) is 0.421. The highest BCUT2D eigenvalue weighted by molar-refractivity contribution is 7.16. The average molecular weight is 384 g/mol. The fourth-order valence-electron chi connectivity index (χ4n) is 3.95. The maximum Gasteiger partial charge on any atom is 0.170 e. The van der Waals surface area contributed by atoms with Gasteiger partial charge in [-0.1, -0.05) is 0 Å². The van der Waals surface area contributed by atoms with E-state index in [-0.39, 0.29) is 0 Å². The maximum atomic E-state index is 4.99. The van der Waals surface area contributed by atoms with Gasteiger partial charge in [-0.2, -0.15) is 0 Å². The van der Waals surface area contributed by atoms with Crippen molar-refractivity contribution < 1.29 is 0 Å². The molecule has 0 saturated carbocycles. The summed E-state index contributed by atoms with van der Waals surface area (Å²) in [6, 6.07) is 2.18. The minimum absolute atomic E-state index is 0.791. The minimum Gasteiger partial charge on any atom is -0.321 e. The Balaban J connectivity index is 1.65. The van der Waals surface area contributed by atoms with Crippen molar-refractivity contribution in [2.45, 2.75) is 32.7 Å². The summed E-state index contributed by atoms with van der Waals surface area (Å²) in [5, 5.41) is 9.83. The Morgan fingerprint density at radius 2 is 2.08 bits per heavy atom. The molecule has 4 aromatic rings. The van der Waals surface area contributed by atoms with E-state index in [2.05, 4.69) is 33.2 Å². The Morgan fingerprint density at radius 3 is 2.88 bits per heavy atom. The highest BCUT2D eigenvalue weighted by atomic mass is 32.1. The number of rotatable bonds is 4. The average Bonchev–Trinajstić information content (AvgIpc) is 3.39. The van der Waals surface area contributed by atoms with Crippen molar-refractivity contribution in [3.63, 3.8) is 0 Å². The van der Waals surface area contributed by atoms with E-state index in [0.29, 0.717) is 0 Å². The lowest BCUT2D eigenvalue weighted by atomic mass is 9.95. The zero-order chi connectivity index (χ0) is 17.5. The molecule has 0 amide bonds. The van der Waals surface area contributed by atoms with Crippen molar-refractivity contribution in [1.29, 1.82) is 0 Å². The second-order valence-corrected chi connectivity index (χ2v) is 8.73. The second kappa shape index (κ2) is 6.72. The van der Waals surface area contributed by atoms with Gasteiger partial charge in [0.1, 0.15) is 10.3 Å². The molecule has 134 valence electrons. The summed E-state index contributed by atoms with van der Waals surface area (Å²) in [5.74, 6) is 1.78. The molecule has 0 unspecified atom stereocenters. The Hall–Kier alpha value is -1.83. The van der Waals surface area contributed by atoms with E-state index in [0.717, 1.165) is 52.4 Å². The first-order valence-corrected chi connectivity index (χ1v) is 10.9. The molecule has 0 atom stereocenters. The van der Waals surface area contributed by atoms with Crippen LogP contribution in [-0.2, 0) is 6.54 Å². The molecule has 1 N–H and O–H groups in total. The van der Waals surface area contributed by atoms with Crippen LogP contribution >= 0.6 is 22.7 Å². The molecule has 0 aromatic carbocycles. The van der Waals surface area contributed by atoms with E-state index in [1.54, 1.807) is 22.7 Å². The standard InChI is InChI=1S/C19H21N5S2/c1-12-15-16(14-5-10-25-18(14)22-12)24(9-4-13-2-6-20-7-3-13)17(23-15)19-21-8-11-26-19/h5,8,10-11,13,20H,2-4,6-7,9H2,1H3. The van der Waals surface area contributed by atoms with Gasteiger partial charge >= 0.3 is 0 Å². The number of fused-ring (bicyclic) bond motifs is 3. The van der Waals surface area contributed by atoms with Crippen LogP contribution in [-0.4, -0.2) is 32.6 Å². The predicted octanol–water partition coefficient (Wildman–Crippen LogP) is 4.47. The summed E-state index contributed by atoms with van der Waals surface area (Å²) in [7, 11) is 0. The zero-order valence-electron chi connectivity index (χ0n) is 14.7. The van der Waals surface area contributed by atoms with Crippen LogP contribution in [0.3, 0.4) is 0 Å².